The Hall–Kier alpha value is -2.18. The van der Waals surface area contributed by atoms with Gasteiger partial charge in [0.1, 0.15) is 11.6 Å². The van der Waals surface area contributed by atoms with Gasteiger partial charge in [0.05, 0.1) is 16.8 Å². The van der Waals surface area contributed by atoms with E-state index in [9.17, 15) is 9.18 Å². The Morgan fingerprint density at radius 2 is 1.92 bits per heavy atom. The fourth-order valence-electron chi connectivity index (χ4n) is 2.90. The van der Waals surface area contributed by atoms with E-state index in [2.05, 4.69) is 15.2 Å². The molecule has 1 fully saturated rings. The molecule has 0 aliphatic carbocycles. The number of piperazine rings is 1. The number of pyridine rings is 1. The zero-order chi connectivity index (χ0) is 17.8. The van der Waals surface area contributed by atoms with Gasteiger partial charge in [-0.2, -0.15) is 0 Å². The average Bonchev–Trinajstić information content (AvgIpc) is 2.63. The third-order valence-corrected chi connectivity index (χ3v) is 4.64. The van der Waals surface area contributed by atoms with Crippen molar-refractivity contribution in [2.45, 2.75) is 13.0 Å². The van der Waals surface area contributed by atoms with Gasteiger partial charge in [0, 0.05) is 32.4 Å². The van der Waals surface area contributed by atoms with Gasteiger partial charge < -0.3 is 10.2 Å². The maximum absolute atomic E-state index is 13.9. The Balaban J connectivity index is 1.56. The van der Waals surface area contributed by atoms with Gasteiger partial charge in [0.25, 0.3) is 0 Å². The largest absolute Gasteiger partial charge is 0.367 e. The van der Waals surface area contributed by atoms with Crippen LogP contribution in [-0.2, 0) is 4.79 Å². The molecule has 0 radical (unpaired) electrons. The molecule has 2 aromatic rings. The Morgan fingerprint density at radius 3 is 2.56 bits per heavy atom. The van der Waals surface area contributed by atoms with E-state index in [1.165, 1.54) is 12.3 Å². The number of nitrogens with one attached hydrogen (secondary N) is 1. The van der Waals surface area contributed by atoms with Crippen molar-refractivity contribution in [3.63, 3.8) is 0 Å². The van der Waals surface area contributed by atoms with Crippen LogP contribution in [0.4, 0.5) is 15.9 Å². The maximum atomic E-state index is 13.9. The van der Waals surface area contributed by atoms with Gasteiger partial charge in [-0.25, -0.2) is 9.37 Å². The SMILES string of the molecule is C[C@H](C(=O)Nc1ccc(Cl)cn1)N1CCN(c2ccccc2F)CC1. The van der Waals surface area contributed by atoms with Crippen LogP contribution in [0.3, 0.4) is 0 Å². The number of carbonyl (C=O) groups excluding carboxylic acids is 1. The standard InChI is InChI=1S/C18H20ClFN4O/c1-13(18(25)22-17-7-6-14(19)12-21-17)23-8-10-24(11-9-23)16-5-3-2-4-15(16)20/h2-7,12-13H,8-11H2,1H3,(H,21,22,25)/t13-/m1/s1. The van der Waals surface area contributed by atoms with Crippen LogP contribution < -0.4 is 10.2 Å². The number of anilines is 2. The highest BCUT2D eigenvalue weighted by Gasteiger charge is 2.26. The molecule has 1 aliphatic heterocycles. The number of para-hydroxylation sites is 1. The van der Waals surface area contributed by atoms with E-state index in [0.717, 1.165) is 0 Å². The predicted octanol–water partition coefficient (Wildman–Crippen LogP) is 3.02. The lowest BCUT2D eigenvalue weighted by Crippen LogP contribution is -2.53. The molecule has 1 aliphatic rings. The van der Waals surface area contributed by atoms with Crippen molar-refractivity contribution in [1.82, 2.24) is 9.88 Å². The zero-order valence-corrected chi connectivity index (χ0v) is 14.7. The average molecular weight is 363 g/mol. The van der Waals surface area contributed by atoms with Crippen LogP contribution in [0.5, 0.6) is 0 Å². The lowest BCUT2D eigenvalue weighted by Gasteiger charge is -2.38. The summed E-state index contributed by atoms with van der Waals surface area (Å²) in [4.78, 5) is 20.6. The molecule has 0 unspecified atom stereocenters. The summed E-state index contributed by atoms with van der Waals surface area (Å²) >= 11 is 5.79. The second-order valence-corrected chi connectivity index (χ2v) is 6.44. The van der Waals surface area contributed by atoms with Gasteiger partial charge in [0.2, 0.25) is 5.91 Å². The highest BCUT2D eigenvalue weighted by Crippen LogP contribution is 2.21. The zero-order valence-electron chi connectivity index (χ0n) is 14.0. The van der Waals surface area contributed by atoms with E-state index in [-0.39, 0.29) is 17.8 Å². The van der Waals surface area contributed by atoms with E-state index < -0.39 is 0 Å². The Bertz CT molecular complexity index is 732. The van der Waals surface area contributed by atoms with Crippen LogP contribution in [0.25, 0.3) is 0 Å². The molecule has 0 bridgehead atoms. The van der Waals surface area contributed by atoms with Gasteiger partial charge in [-0.1, -0.05) is 23.7 Å². The molecule has 0 spiro atoms. The van der Waals surface area contributed by atoms with E-state index >= 15 is 0 Å². The molecule has 1 atom stereocenters. The fraction of sp³-hybridized carbons (Fsp3) is 0.333. The molecule has 3 rings (SSSR count). The molecule has 1 N–H and O–H groups in total. The van der Waals surface area contributed by atoms with Gasteiger partial charge in [-0.15, -0.1) is 0 Å². The predicted molar refractivity (Wildman–Crippen MR) is 97.5 cm³/mol. The van der Waals surface area contributed by atoms with E-state index in [1.54, 1.807) is 24.3 Å². The Kier molecular flexibility index (Phi) is 5.50. The second kappa shape index (κ2) is 7.80. The number of halogens is 2. The van der Waals surface area contributed by atoms with Crippen molar-refractivity contribution >= 4 is 29.0 Å². The lowest BCUT2D eigenvalue weighted by atomic mass is 10.2. The normalized spacial score (nSPS) is 16.5. The first-order chi connectivity index (χ1) is 12.0. The molecule has 132 valence electrons. The van der Waals surface area contributed by atoms with Crippen LogP contribution in [0.15, 0.2) is 42.6 Å². The summed E-state index contributed by atoms with van der Waals surface area (Å²) in [5.74, 6) is 0.149. The number of hydrogen-bond donors (Lipinski definition) is 1. The van der Waals surface area contributed by atoms with Crippen LogP contribution in [-0.4, -0.2) is 48.0 Å². The number of benzene rings is 1. The molecule has 1 aromatic carbocycles. The van der Waals surface area contributed by atoms with Gasteiger partial charge in [-0.3, -0.25) is 9.69 Å². The first kappa shape index (κ1) is 17.6. The Morgan fingerprint density at radius 1 is 1.20 bits per heavy atom. The number of rotatable bonds is 4. The van der Waals surface area contributed by atoms with Crippen molar-refractivity contribution < 1.29 is 9.18 Å². The fourth-order valence-corrected chi connectivity index (χ4v) is 3.02. The highest BCUT2D eigenvalue weighted by atomic mass is 35.5. The summed E-state index contributed by atoms with van der Waals surface area (Å²) in [7, 11) is 0. The summed E-state index contributed by atoms with van der Waals surface area (Å²) in [5.41, 5.74) is 0.615. The van der Waals surface area contributed by atoms with Crippen molar-refractivity contribution in [2.24, 2.45) is 0 Å². The van der Waals surface area contributed by atoms with Crippen molar-refractivity contribution in [1.29, 1.82) is 0 Å². The molecule has 0 saturated carbocycles. The van der Waals surface area contributed by atoms with Crippen molar-refractivity contribution in [2.75, 3.05) is 36.4 Å². The molecule has 25 heavy (non-hydrogen) atoms. The third-order valence-electron chi connectivity index (χ3n) is 4.41. The smallest absolute Gasteiger partial charge is 0.242 e. The molecule has 1 amide bonds. The second-order valence-electron chi connectivity index (χ2n) is 6.00. The van der Waals surface area contributed by atoms with Crippen LogP contribution in [0.1, 0.15) is 6.92 Å². The van der Waals surface area contributed by atoms with Gasteiger partial charge >= 0.3 is 0 Å². The number of carbonyl (C=O) groups is 1. The number of amides is 1. The molecule has 1 saturated heterocycles. The molecule has 7 heteroatoms. The summed E-state index contributed by atoms with van der Waals surface area (Å²) in [5, 5.41) is 3.32. The van der Waals surface area contributed by atoms with Gasteiger partial charge in [0.15, 0.2) is 0 Å². The number of aromatic nitrogens is 1. The van der Waals surface area contributed by atoms with E-state index in [4.69, 9.17) is 11.6 Å². The van der Waals surface area contributed by atoms with E-state index in [0.29, 0.717) is 42.7 Å². The summed E-state index contributed by atoms with van der Waals surface area (Å²) < 4.78 is 13.9. The minimum atomic E-state index is -0.291. The number of hydrogen-bond acceptors (Lipinski definition) is 4. The first-order valence-corrected chi connectivity index (χ1v) is 8.58. The van der Waals surface area contributed by atoms with Gasteiger partial charge in [-0.05, 0) is 31.2 Å². The van der Waals surface area contributed by atoms with Crippen molar-refractivity contribution in [3.05, 3.63) is 53.4 Å². The van der Waals surface area contributed by atoms with E-state index in [1.807, 2.05) is 17.9 Å². The summed E-state index contributed by atoms with van der Waals surface area (Å²) in [6, 6.07) is 9.84. The molecular formula is C18H20ClFN4O. The lowest BCUT2D eigenvalue weighted by molar-refractivity contribution is -0.120. The minimum Gasteiger partial charge on any atom is -0.367 e. The molecule has 5 nitrogen and oxygen atoms in total. The topological polar surface area (TPSA) is 48.5 Å². The quantitative estimate of drug-likeness (QED) is 0.908. The summed E-state index contributed by atoms with van der Waals surface area (Å²) in [6.07, 6.45) is 1.50. The minimum absolute atomic E-state index is 0.117. The molecule has 2 heterocycles. The maximum Gasteiger partial charge on any atom is 0.242 e. The molecule has 1 aromatic heterocycles. The summed E-state index contributed by atoms with van der Waals surface area (Å²) in [6.45, 7) is 4.60. The third kappa shape index (κ3) is 4.27. The first-order valence-electron chi connectivity index (χ1n) is 8.20. The highest BCUT2D eigenvalue weighted by molar-refractivity contribution is 6.30. The number of nitrogens with zero attached hydrogens (tertiary/aromatic N) is 3. The van der Waals surface area contributed by atoms with Crippen LogP contribution in [0.2, 0.25) is 5.02 Å². The van der Waals surface area contributed by atoms with Crippen LogP contribution >= 0.6 is 11.6 Å². The molecular weight excluding hydrogens is 343 g/mol. The van der Waals surface area contributed by atoms with Crippen LogP contribution in [0, 0.1) is 5.82 Å². The Labute approximate surface area is 151 Å². The van der Waals surface area contributed by atoms with Crippen molar-refractivity contribution in [3.8, 4) is 0 Å². The monoisotopic (exact) mass is 362 g/mol.